The molecule has 1 heterocycles. The third-order valence-corrected chi connectivity index (χ3v) is 6.81. The van der Waals surface area contributed by atoms with Crippen molar-refractivity contribution < 1.29 is 9.84 Å². The van der Waals surface area contributed by atoms with Crippen LogP contribution in [0.2, 0.25) is 0 Å². The van der Waals surface area contributed by atoms with E-state index >= 15 is 0 Å². The second kappa shape index (κ2) is 12.9. The molecule has 1 saturated heterocycles. The number of nitrogens with zero attached hydrogens (tertiary/aromatic N) is 1. The van der Waals surface area contributed by atoms with Crippen LogP contribution in [0.25, 0.3) is 0 Å². The lowest BCUT2D eigenvalue weighted by molar-refractivity contribution is -0.00677. The van der Waals surface area contributed by atoms with Gasteiger partial charge in [0.15, 0.2) is 0 Å². The molecule has 0 amide bonds. The first-order chi connectivity index (χ1) is 16.2. The SMILES string of the molecule is CCCOc1ccc(C(O)(Cc2ccccc2)C(CN2CCCCC2)c2ccccc2)cc1.Cl. The fraction of sp³-hybridized carbons (Fsp3) is 0.400. The first kappa shape index (κ1) is 26.3. The number of aliphatic hydroxyl groups is 1. The summed E-state index contributed by atoms with van der Waals surface area (Å²) >= 11 is 0. The predicted molar refractivity (Wildman–Crippen MR) is 143 cm³/mol. The van der Waals surface area contributed by atoms with Crippen LogP contribution in [0.3, 0.4) is 0 Å². The number of halogens is 1. The van der Waals surface area contributed by atoms with E-state index in [0.29, 0.717) is 13.0 Å². The molecule has 3 nitrogen and oxygen atoms in total. The van der Waals surface area contributed by atoms with E-state index in [2.05, 4.69) is 78.6 Å². The summed E-state index contributed by atoms with van der Waals surface area (Å²) in [6.45, 7) is 5.87. The summed E-state index contributed by atoms with van der Waals surface area (Å²) in [7, 11) is 0. The fourth-order valence-corrected chi connectivity index (χ4v) is 5.01. The van der Waals surface area contributed by atoms with Gasteiger partial charge in [-0.25, -0.2) is 0 Å². The van der Waals surface area contributed by atoms with Crippen LogP contribution in [0.1, 0.15) is 55.2 Å². The van der Waals surface area contributed by atoms with Crippen molar-refractivity contribution in [3.63, 3.8) is 0 Å². The van der Waals surface area contributed by atoms with Crippen molar-refractivity contribution in [2.75, 3.05) is 26.2 Å². The molecule has 1 aliphatic rings. The highest BCUT2D eigenvalue weighted by Gasteiger charge is 2.40. The maximum absolute atomic E-state index is 12.6. The Morgan fingerprint density at radius 1 is 0.853 bits per heavy atom. The summed E-state index contributed by atoms with van der Waals surface area (Å²) in [5, 5.41) is 12.6. The number of hydrogen-bond donors (Lipinski definition) is 1. The second-order valence-electron chi connectivity index (χ2n) is 9.28. The van der Waals surface area contributed by atoms with Crippen LogP contribution in [0.15, 0.2) is 84.9 Å². The molecule has 34 heavy (non-hydrogen) atoms. The number of rotatable bonds is 10. The van der Waals surface area contributed by atoms with Gasteiger partial charge in [-0.3, -0.25) is 0 Å². The number of likely N-dealkylation sites (tertiary alicyclic amines) is 1. The molecule has 1 fully saturated rings. The number of piperidine rings is 1. The Morgan fingerprint density at radius 2 is 1.47 bits per heavy atom. The average molecular weight is 480 g/mol. The van der Waals surface area contributed by atoms with E-state index < -0.39 is 5.60 Å². The smallest absolute Gasteiger partial charge is 0.119 e. The van der Waals surface area contributed by atoms with E-state index in [1.165, 1.54) is 24.8 Å². The quantitative estimate of drug-likeness (QED) is 0.355. The van der Waals surface area contributed by atoms with Gasteiger partial charge in [-0.15, -0.1) is 12.4 Å². The molecule has 3 aromatic carbocycles. The van der Waals surface area contributed by atoms with Gasteiger partial charge in [-0.2, -0.15) is 0 Å². The molecule has 0 bridgehead atoms. The van der Waals surface area contributed by atoms with Crippen molar-refractivity contribution in [2.24, 2.45) is 0 Å². The summed E-state index contributed by atoms with van der Waals surface area (Å²) in [5.74, 6) is 0.814. The van der Waals surface area contributed by atoms with Crippen molar-refractivity contribution in [3.8, 4) is 5.75 Å². The summed E-state index contributed by atoms with van der Waals surface area (Å²) in [6.07, 6.45) is 5.33. The number of hydrogen-bond acceptors (Lipinski definition) is 3. The largest absolute Gasteiger partial charge is 0.494 e. The Balaban J connectivity index is 0.00000324. The Kier molecular flexibility index (Phi) is 10.0. The van der Waals surface area contributed by atoms with Crippen molar-refractivity contribution in [1.82, 2.24) is 4.90 Å². The van der Waals surface area contributed by atoms with E-state index in [1.807, 2.05) is 18.2 Å². The van der Waals surface area contributed by atoms with Crippen LogP contribution in [-0.4, -0.2) is 36.2 Å². The number of ether oxygens (including phenoxy) is 1. The van der Waals surface area contributed by atoms with Crippen LogP contribution in [-0.2, 0) is 12.0 Å². The van der Waals surface area contributed by atoms with E-state index in [1.54, 1.807) is 0 Å². The zero-order valence-corrected chi connectivity index (χ0v) is 21.1. The molecule has 0 aromatic heterocycles. The third kappa shape index (κ3) is 6.63. The van der Waals surface area contributed by atoms with Gasteiger partial charge in [0.05, 0.1) is 6.61 Å². The summed E-state index contributed by atoms with van der Waals surface area (Å²) < 4.78 is 5.82. The van der Waals surface area contributed by atoms with E-state index in [9.17, 15) is 5.11 Å². The van der Waals surface area contributed by atoms with E-state index in [-0.39, 0.29) is 18.3 Å². The third-order valence-electron chi connectivity index (χ3n) is 6.81. The van der Waals surface area contributed by atoms with Crippen LogP contribution in [0, 0.1) is 0 Å². The highest BCUT2D eigenvalue weighted by Crippen LogP contribution is 2.41. The zero-order chi connectivity index (χ0) is 22.9. The minimum Gasteiger partial charge on any atom is -0.494 e. The van der Waals surface area contributed by atoms with Gasteiger partial charge >= 0.3 is 0 Å². The molecule has 0 radical (unpaired) electrons. The molecule has 4 rings (SSSR count). The predicted octanol–water partition coefficient (Wildman–Crippen LogP) is 6.60. The lowest BCUT2D eigenvalue weighted by Crippen LogP contribution is -2.44. The molecule has 1 N–H and O–H groups in total. The molecule has 3 aromatic rings. The number of benzene rings is 3. The molecular formula is C30H38ClNO2. The van der Waals surface area contributed by atoms with Crippen LogP contribution in [0.5, 0.6) is 5.75 Å². The molecule has 0 aliphatic carbocycles. The minimum absolute atomic E-state index is 0. The minimum atomic E-state index is -1.04. The van der Waals surface area contributed by atoms with Gasteiger partial charge in [-0.1, -0.05) is 86.1 Å². The second-order valence-corrected chi connectivity index (χ2v) is 9.28. The highest BCUT2D eigenvalue weighted by molar-refractivity contribution is 5.85. The highest BCUT2D eigenvalue weighted by atomic mass is 35.5. The zero-order valence-electron chi connectivity index (χ0n) is 20.2. The summed E-state index contributed by atoms with van der Waals surface area (Å²) in [5.41, 5.74) is 2.24. The first-order valence-corrected chi connectivity index (χ1v) is 12.5. The van der Waals surface area contributed by atoms with Crippen LogP contribution in [0.4, 0.5) is 0 Å². The molecule has 2 atom stereocenters. The molecule has 182 valence electrons. The molecular weight excluding hydrogens is 442 g/mol. The molecule has 2 unspecified atom stereocenters. The van der Waals surface area contributed by atoms with E-state index in [4.69, 9.17) is 4.74 Å². The van der Waals surface area contributed by atoms with Crippen molar-refractivity contribution in [3.05, 3.63) is 102 Å². The van der Waals surface area contributed by atoms with Gasteiger partial charge in [-0.05, 0) is 61.2 Å². The Bertz CT molecular complexity index is 958. The Morgan fingerprint density at radius 3 is 2.09 bits per heavy atom. The van der Waals surface area contributed by atoms with Crippen molar-refractivity contribution in [2.45, 2.75) is 50.5 Å². The summed E-state index contributed by atoms with van der Waals surface area (Å²) in [4.78, 5) is 2.54. The summed E-state index contributed by atoms with van der Waals surface area (Å²) in [6, 6.07) is 29.1. The molecule has 0 saturated carbocycles. The van der Waals surface area contributed by atoms with Gasteiger partial charge in [0.2, 0.25) is 0 Å². The molecule has 0 spiro atoms. The van der Waals surface area contributed by atoms with Gasteiger partial charge in [0.1, 0.15) is 11.4 Å². The topological polar surface area (TPSA) is 32.7 Å². The van der Waals surface area contributed by atoms with Gasteiger partial charge in [0.25, 0.3) is 0 Å². The Labute approximate surface area is 211 Å². The first-order valence-electron chi connectivity index (χ1n) is 12.5. The van der Waals surface area contributed by atoms with E-state index in [0.717, 1.165) is 42.9 Å². The lowest BCUT2D eigenvalue weighted by atomic mass is 9.73. The standard InChI is InChI=1S/C30H37NO2.ClH/c1-2-22-33-28-18-16-27(17-19-28)30(32,23-25-12-6-3-7-13-25)29(26-14-8-4-9-15-26)24-31-20-10-5-11-21-31;/h3-4,6-9,12-19,29,32H,2,5,10-11,20-24H2,1H3;1H. The van der Waals surface area contributed by atoms with Gasteiger partial charge < -0.3 is 14.7 Å². The Hall–Kier alpha value is -2.33. The monoisotopic (exact) mass is 479 g/mol. The van der Waals surface area contributed by atoms with Crippen LogP contribution >= 0.6 is 12.4 Å². The maximum Gasteiger partial charge on any atom is 0.119 e. The van der Waals surface area contributed by atoms with Crippen molar-refractivity contribution >= 4 is 12.4 Å². The van der Waals surface area contributed by atoms with Crippen molar-refractivity contribution in [1.29, 1.82) is 0 Å². The lowest BCUT2D eigenvalue weighted by Gasteiger charge is -2.41. The maximum atomic E-state index is 12.6. The average Bonchev–Trinajstić information content (AvgIpc) is 2.88. The molecule has 1 aliphatic heterocycles. The molecule has 4 heteroatoms. The fourth-order valence-electron chi connectivity index (χ4n) is 5.01. The normalized spacial score (nSPS) is 16.8. The van der Waals surface area contributed by atoms with Crippen LogP contribution < -0.4 is 4.74 Å². The van der Waals surface area contributed by atoms with Gasteiger partial charge in [0, 0.05) is 18.9 Å².